The Morgan fingerprint density at radius 1 is 1.30 bits per heavy atom. The lowest BCUT2D eigenvalue weighted by Gasteiger charge is -2.15. The van der Waals surface area contributed by atoms with Crippen LogP contribution in [0.15, 0.2) is 46.5 Å². The maximum absolute atomic E-state index is 12.8. The van der Waals surface area contributed by atoms with E-state index in [0.29, 0.717) is 12.3 Å². The van der Waals surface area contributed by atoms with Gasteiger partial charge >= 0.3 is 0 Å². The summed E-state index contributed by atoms with van der Waals surface area (Å²) in [7, 11) is 1.64. The molecule has 5 heteroatoms. The van der Waals surface area contributed by atoms with E-state index in [2.05, 4.69) is 16.5 Å². The highest BCUT2D eigenvalue weighted by Gasteiger charge is 2.53. The van der Waals surface area contributed by atoms with E-state index in [1.807, 2.05) is 30.3 Å². The molecule has 1 aromatic heterocycles. The number of benzene rings is 1. The van der Waals surface area contributed by atoms with Crippen LogP contribution < -0.4 is 10.1 Å². The van der Waals surface area contributed by atoms with Gasteiger partial charge in [0.05, 0.1) is 18.2 Å². The zero-order chi connectivity index (χ0) is 18.7. The number of amides is 1. The zero-order valence-electron chi connectivity index (χ0n) is 15.8. The first-order valence-corrected chi connectivity index (χ1v) is 9.79. The summed E-state index contributed by atoms with van der Waals surface area (Å²) in [6.45, 7) is 0.701. The number of rotatable bonds is 7. The number of methoxy groups -OCH3 is 1. The zero-order valence-corrected chi connectivity index (χ0v) is 15.8. The highest BCUT2D eigenvalue weighted by atomic mass is 16.5. The molecule has 0 unspecified atom stereocenters. The molecule has 1 heterocycles. The van der Waals surface area contributed by atoms with Gasteiger partial charge in [-0.25, -0.2) is 0 Å². The van der Waals surface area contributed by atoms with Gasteiger partial charge in [-0.05, 0) is 57.1 Å². The van der Waals surface area contributed by atoms with Gasteiger partial charge in [0.25, 0.3) is 0 Å². The van der Waals surface area contributed by atoms with Crippen LogP contribution in [0.4, 0.5) is 0 Å². The molecule has 0 bridgehead atoms. The van der Waals surface area contributed by atoms with E-state index in [4.69, 9.17) is 9.26 Å². The fraction of sp³-hybridized carbons (Fsp3) is 0.455. The van der Waals surface area contributed by atoms with Gasteiger partial charge in [0.1, 0.15) is 5.75 Å². The molecule has 5 nitrogen and oxygen atoms in total. The molecular formula is C22H26N2O3. The van der Waals surface area contributed by atoms with Gasteiger partial charge in [0, 0.05) is 18.2 Å². The largest absolute Gasteiger partial charge is 0.497 e. The van der Waals surface area contributed by atoms with E-state index in [1.165, 1.54) is 31.3 Å². The van der Waals surface area contributed by atoms with Crippen molar-refractivity contribution in [3.63, 3.8) is 0 Å². The van der Waals surface area contributed by atoms with Gasteiger partial charge in [-0.1, -0.05) is 28.9 Å². The summed E-state index contributed by atoms with van der Waals surface area (Å²) >= 11 is 0. The number of hydrogen-bond donors (Lipinski definition) is 1. The predicted molar refractivity (Wildman–Crippen MR) is 104 cm³/mol. The fourth-order valence-corrected chi connectivity index (χ4v) is 3.78. The topological polar surface area (TPSA) is 64.4 Å². The molecule has 1 N–H and O–H groups in total. The molecule has 4 rings (SSSR count). The average Bonchev–Trinajstić information content (AvgIpc) is 3.38. The normalized spacial score (nSPS) is 17.9. The maximum atomic E-state index is 12.8. The third kappa shape index (κ3) is 3.77. The first-order valence-electron chi connectivity index (χ1n) is 9.79. The van der Waals surface area contributed by atoms with Crippen LogP contribution in [0, 0.1) is 0 Å². The first kappa shape index (κ1) is 17.8. The van der Waals surface area contributed by atoms with Crippen molar-refractivity contribution in [3.05, 3.63) is 47.7 Å². The van der Waals surface area contributed by atoms with Crippen molar-refractivity contribution in [1.82, 2.24) is 10.5 Å². The summed E-state index contributed by atoms with van der Waals surface area (Å²) in [6, 6.07) is 9.55. The summed E-state index contributed by atoms with van der Waals surface area (Å²) < 4.78 is 10.8. The molecule has 142 valence electrons. The number of ether oxygens (including phenoxy) is 1. The van der Waals surface area contributed by atoms with Gasteiger partial charge in [-0.2, -0.15) is 0 Å². The Bertz CT molecular complexity index is 849. The lowest BCUT2D eigenvalue weighted by atomic mass is 9.97. The Labute approximate surface area is 159 Å². The molecular weight excluding hydrogens is 340 g/mol. The number of allylic oxidation sites excluding steroid dienone is 1. The molecule has 2 aromatic rings. The second-order valence-corrected chi connectivity index (χ2v) is 7.50. The molecule has 1 saturated carbocycles. The van der Waals surface area contributed by atoms with Crippen molar-refractivity contribution in [1.29, 1.82) is 0 Å². The molecule has 1 fully saturated rings. The average molecular weight is 366 g/mol. The van der Waals surface area contributed by atoms with E-state index >= 15 is 0 Å². The van der Waals surface area contributed by atoms with Gasteiger partial charge < -0.3 is 14.6 Å². The first-order chi connectivity index (χ1) is 13.2. The molecule has 1 amide bonds. The van der Waals surface area contributed by atoms with Crippen LogP contribution in [0.25, 0.3) is 11.3 Å². The summed E-state index contributed by atoms with van der Waals surface area (Å²) in [5.41, 5.74) is 2.60. The monoisotopic (exact) mass is 366 g/mol. The predicted octanol–water partition coefficient (Wildman–Crippen LogP) is 4.39. The highest BCUT2D eigenvalue weighted by Crippen LogP contribution is 2.48. The molecule has 1 aromatic carbocycles. The Hall–Kier alpha value is -2.56. The Kier molecular flexibility index (Phi) is 5.01. The third-order valence-corrected chi connectivity index (χ3v) is 5.66. The molecule has 0 atom stereocenters. The fourth-order valence-electron chi connectivity index (χ4n) is 3.78. The maximum Gasteiger partial charge on any atom is 0.232 e. The number of aromatic nitrogens is 1. The van der Waals surface area contributed by atoms with Crippen LogP contribution in [0.3, 0.4) is 0 Å². The Morgan fingerprint density at radius 3 is 2.93 bits per heavy atom. The second-order valence-electron chi connectivity index (χ2n) is 7.50. The molecule has 2 aliphatic carbocycles. The van der Waals surface area contributed by atoms with Crippen molar-refractivity contribution in [2.45, 2.75) is 50.4 Å². The van der Waals surface area contributed by atoms with Crippen molar-refractivity contribution in [3.8, 4) is 17.1 Å². The van der Waals surface area contributed by atoms with Crippen LogP contribution in [0.5, 0.6) is 5.75 Å². The van der Waals surface area contributed by atoms with Crippen LogP contribution in [0.2, 0.25) is 0 Å². The Balaban J connectivity index is 1.41. The van der Waals surface area contributed by atoms with Crippen molar-refractivity contribution >= 4 is 5.91 Å². The minimum atomic E-state index is -0.512. The smallest absolute Gasteiger partial charge is 0.232 e. The summed E-state index contributed by atoms with van der Waals surface area (Å²) in [4.78, 5) is 12.8. The van der Waals surface area contributed by atoms with Crippen LogP contribution in [0.1, 0.15) is 50.6 Å². The SMILES string of the molecule is COc1cccc(-c2cc(C3(C(=O)NCCC4=CCCCC4)CC3)no2)c1. The number of hydrogen-bond acceptors (Lipinski definition) is 4. The van der Waals surface area contributed by atoms with E-state index in [1.54, 1.807) is 7.11 Å². The molecule has 0 saturated heterocycles. The quantitative estimate of drug-likeness (QED) is 0.738. The van der Waals surface area contributed by atoms with Crippen LogP contribution in [-0.4, -0.2) is 24.7 Å². The van der Waals surface area contributed by atoms with Gasteiger partial charge in [0.15, 0.2) is 5.76 Å². The number of nitrogens with zero attached hydrogens (tertiary/aromatic N) is 1. The summed E-state index contributed by atoms with van der Waals surface area (Å²) in [5.74, 6) is 1.50. The molecule has 2 aliphatic rings. The second kappa shape index (κ2) is 7.59. The lowest BCUT2D eigenvalue weighted by molar-refractivity contribution is -0.123. The van der Waals surface area contributed by atoms with Crippen molar-refractivity contribution < 1.29 is 14.1 Å². The highest BCUT2D eigenvalue weighted by molar-refractivity contribution is 5.91. The van der Waals surface area contributed by atoms with Gasteiger partial charge in [-0.3, -0.25) is 4.79 Å². The van der Waals surface area contributed by atoms with Crippen LogP contribution in [-0.2, 0) is 10.2 Å². The molecule has 27 heavy (non-hydrogen) atoms. The third-order valence-electron chi connectivity index (χ3n) is 5.66. The van der Waals surface area contributed by atoms with Crippen molar-refractivity contribution in [2.75, 3.05) is 13.7 Å². The Morgan fingerprint density at radius 2 is 2.19 bits per heavy atom. The minimum Gasteiger partial charge on any atom is -0.497 e. The van der Waals surface area contributed by atoms with E-state index in [0.717, 1.165) is 36.3 Å². The van der Waals surface area contributed by atoms with Crippen molar-refractivity contribution in [2.24, 2.45) is 0 Å². The number of carbonyl (C=O) groups excluding carboxylic acids is 1. The lowest BCUT2D eigenvalue weighted by Crippen LogP contribution is -2.35. The summed E-state index contributed by atoms with van der Waals surface area (Å²) in [6.07, 6.45) is 9.86. The standard InChI is InChI=1S/C22H26N2O3/c1-26-18-9-5-8-17(14-18)19-15-20(24-27-19)22(11-12-22)21(25)23-13-10-16-6-3-2-4-7-16/h5-6,8-9,14-15H,2-4,7,10-13H2,1H3,(H,23,25). The van der Waals surface area contributed by atoms with E-state index in [-0.39, 0.29) is 5.91 Å². The van der Waals surface area contributed by atoms with E-state index < -0.39 is 5.41 Å². The number of carbonyl (C=O) groups is 1. The van der Waals surface area contributed by atoms with Gasteiger partial charge in [0.2, 0.25) is 5.91 Å². The molecule has 0 radical (unpaired) electrons. The van der Waals surface area contributed by atoms with E-state index in [9.17, 15) is 4.79 Å². The van der Waals surface area contributed by atoms with Crippen LogP contribution >= 0.6 is 0 Å². The summed E-state index contributed by atoms with van der Waals surface area (Å²) in [5, 5.41) is 7.33. The molecule has 0 aliphatic heterocycles. The van der Waals surface area contributed by atoms with Gasteiger partial charge in [-0.15, -0.1) is 0 Å². The number of nitrogens with one attached hydrogen (secondary N) is 1. The minimum absolute atomic E-state index is 0.0735. The molecule has 0 spiro atoms.